The van der Waals surface area contributed by atoms with Crippen molar-refractivity contribution in [3.63, 3.8) is 0 Å². The van der Waals surface area contributed by atoms with Crippen LogP contribution in [0.4, 0.5) is 5.69 Å². The Balaban J connectivity index is 2.74. The van der Waals surface area contributed by atoms with E-state index in [-0.39, 0.29) is 0 Å². The van der Waals surface area contributed by atoms with Gasteiger partial charge in [-0.15, -0.1) is 4.91 Å². The van der Waals surface area contributed by atoms with E-state index in [0.29, 0.717) is 11.4 Å². The summed E-state index contributed by atoms with van der Waals surface area (Å²) in [6.45, 7) is 3.25. The Morgan fingerprint density at radius 2 is 2.00 bits per heavy atom. The highest BCUT2D eigenvalue weighted by Gasteiger charge is 1.98. The smallest absolute Gasteiger partial charge is 0.335 e. The summed E-state index contributed by atoms with van der Waals surface area (Å²) in [5, 5.41) is 2.70. The number of hydrogen-bond acceptors (Lipinski definition) is 4. The molecule has 0 spiro atoms. The van der Waals surface area contributed by atoms with Gasteiger partial charge in [0.2, 0.25) is 0 Å². The first-order chi connectivity index (χ1) is 6.26. The standard InChI is InChI=1S/C9H7NO3/c1-2-9(11)13-8-5-3-7(10-12)4-6-8/h2-6H,1H2. The highest BCUT2D eigenvalue weighted by molar-refractivity contribution is 5.83. The first-order valence-corrected chi connectivity index (χ1v) is 3.54. The van der Waals surface area contributed by atoms with Crippen molar-refractivity contribution in [2.45, 2.75) is 0 Å². The molecule has 1 rings (SSSR count). The fourth-order valence-corrected chi connectivity index (χ4v) is 0.733. The molecule has 0 saturated carbocycles. The summed E-state index contributed by atoms with van der Waals surface area (Å²) >= 11 is 0. The van der Waals surface area contributed by atoms with Gasteiger partial charge in [-0.2, -0.15) is 0 Å². The third kappa shape index (κ3) is 2.52. The average molecular weight is 177 g/mol. The molecule has 66 valence electrons. The average Bonchev–Trinajstić information content (AvgIpc) is 2.19. The van der Waals surface area contributed by atoms with Crippen molar-refractivity contribution in [2.24, 2.45) is 5.18 Å². The van der Waals surface area contributed by atoms with Gasteiger partial charge in [-0.3, -0.25) is 0 Å². The molecule has 0 bridgehead atoms. The fraction of sp³-hybridized carbons (Fsp3) is 0. The van der Waals surface area contributed by atoms with Crippen LogP contribution in [0, 0.1) is 4.91 Å². The summed E-state index contributed by atoms with van der Waals surface area (Å²) in [6.07, 6.45) is 1.06. The molecule has 0 N–H and O–H groups in total. The van der Waals surface area contributed by atoms with Crippen molar-refractivity contribution < 1.29 is 9.53 Å². The Hall–Kier alpha value is -1.97. The van der Waals surface area contributed by atoms with Crippen molar-refractivity contribution in [1.82, 2.24) is 0 Å². The normalized spacial score (nSPS) is 8.92. The van der Waals surface area contributed by atoms with Crippen LogP contribution in [-0.2, 0) is 4.79 Å². The fourth-order valence-electron chi connectivity index (χ4n) is 0.733. The minimum absolute atomic E-state index is 0.290. The lowest BCUT2D eigenvalue weighted by molar-refractivity contribution is -0.128. The van der Waals surface area contributed by atoms with Gasteiger partial charge in [-0.25, -0.2) is 4.79 Å². The van der Waals surface area contributed by atoms with Crippen LogP contribution in [-0.4, -0.2) is 5.97 Å². The van der Waals surface area contributed by atoms with Gasteiger partial charge < -0.3 is 4.74 Å². The van der Waals surface area contributed by atoms with Gasteiger partial charge in [0.15, 0.2) is 0 Å². The minimum Gasteiger partial charge on any atom is -0.423 e. The molecule has 0 aromatic heterocycles. The lowest BCUT2D eigenvalue weighted by Gasteiger charge is -1.99. The molecule has 0 saturated heterocycles. The number of ether oxygens (including phenoxy) is 1. The van der Waals surface area contributed by atoms with Crippen molar-refractivity contribution in [2.75, 3.05) is 0 Å². The number of hydrogen-bond donors (Lipinski definition) is 0. The molecular formula is C9H7NO3. The zero-order valence-corrected chi connectivity index (χ0v) is 6.77. The highest BCUT2D eigenvalue weighted by atomic mass is 16.5. The lowest BCUT2D eigenvalue weighted by Crippen LogP contribution is -2.02. The molecular weight excluding hydrogens is 170 g/mol. The summed E-state index contributed by atoms with van der Waals surface area (Å²) in [5.74, 6) is -0.177. The first-order valence-electron chi connectivity index (χ1n) is 3.54. The molecule has 0 aliphatic rings. The van der Waals surface area contributed by atoms with Gasteiger partial charge >= 0.3 is 5.97 Å². The maximum absolute atomic E-state index is 10.7. The van der Waals surface area contributed by atoms with Crippen molar-refractivity contribution in [3.05, 3.63) is 41.8 Å². The molecule has 0 radical (unpaired) electrons. The molecule has 0 amide bonds. The summed E-state index contributed by atoms with van der Waals surface area (Å²) in [4.78, 5) is 20.7. The number of nitroso groups, excluding NO2 is 1. The van der Waals surface area contributed by atoms with Gasteiger partial charge in [0.1, 0.15) is 11.4 Å². The molecule has 1 aromatic rings. The Morgan fingerprint density at radius 3 is 2.46 bits per heavy atom. The SMILES string of the molecule is C=CC(=O)Oc1ccc(N=O)cc1. The molecule has 0 aliphatic carbocycles. The molecule has 0 heterocycles. The Bertz CT molecular complexity index is 329. The molecule has 13 heavy (non-hydrogen) atoms. The zero-order valence-electron chi connectivity index (χ0n) is 6.77. The van der Waals surface area contributed by atoms with E-state index in [1.807, 2.05) is 0 Å². The lowest BCUT2D eigenvalue weighted by atomic mass is 10.3. The van der Waals surface area contributed by atoms with Gasteiger partial charge in [0, 0.05) is 6.08 Å². The van der Waals surface area contributed by atoms with E-state index in [9.17, 15) is 9.70 Å². The van der Waals surface area contributed by atoms with E-state index < -0.39 is 5.97 Å². The predicted molar refractivity (Wildman–Crippen MR) is 47.7 cm³/mol. The maximum Gasteiger partial charge on any atom is 0.335 e. The van der Waals surface area contributed by atoms with Crippen LogP contribution >= 0.6 is 0 Å². The summed E-state index contributed by atoms with van der Waals surface area (Å²) in [5.41, 5.74) is 0.290. The molecule has 0 fully saturated rings. The molecule has 1 aromatic carbocycles. The largest absolute Gasteiger partial charge is 0.423 e. The molecule has 4 nitrogen and oxygen atoms in total. The van der Waals surface area contributed by atoms with Crippen LogP contribution in [0.3, 0.4) is 0 Å². The van der Waals surface area contributed by atoms with Crippen molar-refractivity contribution >= 4 is 11.7 Å². The molecule has 4 heteroatoms. The van der Waals surface area contributed by atoms with Crippen molar-refractivity contribution in [3.8, 4) is 5.75 Å². The van der Waals surface area contributed by atoms with Crippen LogP contribution in [0.1, 0.15) is 0 Å². The molecule has 0 aliphatic heterocycles. The van der Waals surface area contributed by atoms with E-state index >= 15 is 0 Å². The van der Waals surface area contributed by atoms with Crippen LogP contribution < -0.4 is 4.74 Å². The van der Waals surface area contributed by atoms with Gasteiger partial charge in [0.25, 0.3) is 0 Å². The van der Waals surface area contributed by atoms with Crippen LogP contribution in [0.5, 0.6) is 5.75 Å². The summed E-state index contributed by atoms with van der Waals surface area (Å²) < 4.78 is 4.76. The number of carbonyl (C=O) groups is 1. The maximum atomic E-state index is 10.7. The minimum atomic E-state index is -0.535. The second kappa shape index (κ2) is 4.15. The number of benzene rings is 1. The summed E-state index contributed by atoms with van der Waals surface area (Å²) in [6, 6.07) is 5.88. The highest BCUT2D eigenvalue weighted by Crippen LogP contribution is 2.17. The van der Waals surface area contributed by atoms with Gasteiger partial charge in [0.05, 0.1) is 0 Å². The zero-order chi connectivity index (χ0) is 9.68. The van der Waals surface area contributed by atoms with E-state index in [4.69, 9.17) is 4.74 Å². The Morgan fingerprint density at radius 1 is 1.38 bits per heavy atom. The second-order valence-corrected chi connectivity index (χ2v) is 2.21. The number of carbonyl (C=O) groups excluding carboxylic acids is 1. The summed E-state index contributed by atoms with van der Waals surface area (Å²) in [7, 11) is 0. The third-order valence-corrected chi connectivity index (χ3v) is 1.33. The topological polar surface area (TPSA) is 55.7 Å². The van der Waals surface area contributed by atoms with Gasteiger partial charge in [-0.1, -0.05) is 6.58 Å². The Labute approximate surface area is 74.8 Å². The van der Waals surface area contributed by atoms with E-state index in [1.54, 1.807) is 0 Å². The van der Waals surface area contributed by atoms with Crippen LogP contribution in [0.25, 0.3) is 0 Å². The van der Waals surface area contributed by atoms with Crippen LogP contribution in [0.2, 0.25) is 0 Å². The predicted octanol–water partition coefficient (Wildman–Crippen LogP) is 2.18. The third-order valence-electron chi connectivity index (χ3n) is 1.33. The number of esters is 1. The Kier molecular flexibility index (Phi) is 2.92. The molecule has 0 atom stereocenters. The van der Waals surface area contributed by atoms with E-state index in [2.05, 4.69) is 11.8 Å². The number of rotatable bonds is 3. The van der Waals surface area contributed by atoms with E-state index in [0.717, 1.165) is 6.08 Å². The molecule has 0 unspecified atom stereocenters. The quantitative estimate of drug-likeness (QED) is 0.307. The monoisotopic (exact) mass is 177 g/mol. The second-order valence-electron chi connectivity index (χ2n) is 2.21. The van der Waals surface area contributed by atoms with Crippen LogP contribution in [0.15, 0.2) is 42.1 Å². The van der Waals surface area contributed by atoms with Gasteiger partial charge in [-0.05, 0) is 29.4 Å². The van der Waals surface area contributed by atoms with Crippen molar-refractivity contribution in [1.29, 1.82) is 0 Å². The first kappa shape index (κ1) is 9.12. The van der Waals surface area contributed by atoms with E-state index in [1.165, 1.54) is 24.3 Å². The number of nitrogens with zero attached hydrogens (tertiary/aromatic N) is 1.